The van der Waals surface area contributed by atoms with Crippen LogP contribution in [0.15, 0.2) is 29.0 Å². The van der Waals surface area contributed by atoms with Crippen LogP contribution in [-0.4, -0.2) is 44.6 Å². The van der Waals surface area contributed by atoms with Crippen molar-refractivity contribution in [1.82, 2.24) is 25.3 Å². The van der Waals surface area contributed by atoms with Gasteiger partial charge in [0.15, 0.2) is 11.5 Å². The topological polar surface area (TPSA) is 81.9 Å². The van der Waals surface area contributed by atoms with Crippen molar-refractivity contribution in [2.75, 3.05) is 6.61 Å². The van der Waals surface area contributed by atoms with E-state index in [-0.39, 0.29) is 11.9 Å². The predicted octanol–water partition coefficient (Wildman–Crippen LogP) is 2.11. The molecule has 1 aliphatic heterocycles. The zero-order chi connectivity index (χ0) is 16.5. The lowest BCUT2D eigenvalue weighted by Crippen LogP contribution is -2.42. The standard InChI is InChI=1S/C16H18BrN5O2/c17-11-8-18-22(9-11)15-4-3-13(20-21-15)16(23)19-12-5-6-24-14(7-12)10-1-2-10/h3-4,8-10,12,14H,1-2,5-7H2,(H,19,23). The minimum absolute atomic E-state index is 0.153. The minimum atomic E-state index is -0.183. The number of carbonyl (C=O) groups excluding carboxylic acids is 1. The summed E-state index contributed by atoms with van der Waals surface area (Å²) >= 11 is 3.34. The van der Waals surface area contributed by atoms with Gasteiger partial charge in [0.25, 0.3) is 5.91 Å². The fraction of sp³-hybridized carbons (Fsp3) is 0.500. The number of hydrogen-bond acceptors (Lipinski definition) is 5. The second-order valence-electron chi connectivity index (χ2n) is 6.32. The molecule has 126 valence electrons. The molecule has 2 aromatic heterocycles. The average molecular weight is 392 g/mol. The van der Waals surface area contributed by atoms with Gasteiger partial charge in [0.1, 0.15) is 0 Å². The molecule has 1 saturated carbocycles. The van der Waals surface area contributed by atoms with Crippen LogP contribution in [0, 0.1) is 5.92 Å². The summed E-state index contributed by atoms with van der Waals surface area (Å²) in [6.07, 6.45) is 8.00. The lowest BCUT2D eigenvalue weighted by atomic mass is 10.00. The lowest BCUT2D eigenvalue weighted by Gasteiger charge is -2.30. The number of hydrogen-bond donors (Lipinski definition) is 1. The van der Waals surface area contributed by atoms with Crippen molar-refractivity contribution in [3.63, 3.8) is 0 Å². The molecule has 1 saturated heterocycles. The van der Waals surface area contributed by atoms with Gasteiger partial charge in [0, 0.05) is 18.8 Å². The van der Waals surface area contributed by atoms with E-state index in [4.69, 9.17) is 4.74 Å². The third-order valence-corrected chi connectivity index (χ3v) is 4.88. The Balaban J connectivity index is 1.39. The van der Waals surface area contributed by atoms with Crippen LogP contribution >= 0.6 is 15.9 Å². The summed E-state index contributed by atoms with van der Waals surface area (Å²) in [7, 11) is 0. The zero-order valence-corrected chi connectivity index (χ0v) is 14.6. The maximum atomic E-state index is 12.4. The van der Waals surface area contributed by atoms with Crippen molar-refractivity contribution >= 4 is 21.8 Å². The van der Waals surface area contributed by atoms with Crippen molar-refractivity contribution in [3.8, 4) is 5.82 Å². The van der Waals surface area contributed by atoms with Crippen LogP contribution in [0.5, 0.6) is 0 Å². The zero-order valence-electron chi connectivity index (χ0n) is 13.1. The SMILES string of the molecule is O=C(NC1CCOC(C2CC2)C1)c1ccc(-n2cc(Br)cn2)nn1. The molecular formula is C16H18BrN5O2. The van der Waals surface area contributed by atoms with Crippen LogP contribution in [0.4, 0.5) is 0 Å². The van der Waals surface area contributed by atoms with Crippen molar-refractivity contribution in [2.45, 2.75) is 37.8 Å². The molecule has 24 heavy (non-hydrogen) atoms. The second-order valence-corrected chi connectivity index (χ2v) is 7.24. The Morgan fingerprint density at radius 1 is 1.29 bits per heavy atom. The molecule has 2 aliphatic rings. The Kier molecular flexibility index (Phi) is 4.32. The summed E-state index contributed by atoms with van der Waals surface area (Å²) in [6.45, 7) is 0.713. The van der Waals surface area contributed by atoms with Crippen molar-refractivity contribution in [2.24, 2.45) is 5.92 Å². The van der Waals surface area contributed by atoms with Crippen LogP contribution in [-0.2, 0) is 4.74 Å². The number of amides is 1. The number of aromatic nitrogens is 4. The highest BCUT2D eigenvalue weighted by molar-refractivity contribution is 9.10. The van der Waals surface area contributed by atoms with Crippen LogP contribution in [0.25, 0.3) is 5.82 Å². The summed E-state index contributed by atoms with van der Waals surface area (Å²) in [6, 6.07) is 3.56. The maximum Gasteiger partial charge on any atom is 0.272 e. The van der Waals surface area contributed by atoms with Gasteiger partial charge in [-0.25, -0.2) is 4.68 Å². The van der Waals surface area contributed by atoms with E-state index in [1.807, 2.05) is 0 Å². The maximum absolute atomic E-state index is 12.4. The molecule has 0 spiro atoms. The molecular weight excluding hydrogens is 374 g/mol. The first-order valence-electron chi connectivity index (χ1n) is 8.16. The first-order valence-corrected chi connectivity index (χ1v) is 8.95. The summed E-state index contributed by atoms with van der Waals surface area (Å²) < 4.78 is 8.25. The number of carbonyl (C=O) groups is 1. The fourth-order valence-corrected chi connectivity index (χ4v) is 3.30. The summed E-state index contributed by atoms with van der Waals surface area (Å²) in [5, 5.41) is 15.3. The molecule has 2 fully saturated rings. The number of nitrogens with zero attached hydrogens (tertiary/aromatic N) is 4. The van der Waals surface area contributed by atoms with Gasteiger partial charge in [-0.15, -0.1) is 10.2 Å². The van der Waals surface area contributed by atoms with Gasteiger partial charge in [-0.05, 0) is 59.7 Å². The summed E-state index contributed by atoms with van der Waals surface area (Å²) in [5.74, 6) is 1.08. The molecule has 2 aromatic rings. The predicted molar refractivity (Wildman–Crippen MR) is 89.8 cm³/mol. The first kappa shape index (κ1) is 15.7. The van der Waals surface area contributed by atoms with E-state index in [1.54, 1.807) is 29.2 Å². The normalized spacial score (nSPS) is 23.9. The van der Waals surface area contributed by atoms with E-state index in [2.05, 4.69) is 36.5 Å². The Morgan fingerprint density at radius 2 is 2.17 bits per heavy atom. The molecule has 2 atom stereocenters. The van der Waals surface area contributed by atoms with Gasteiger partial charge in [-0.3, -0.25) is 4.79 Å². The monoisotopic (exact) mass is 391 g/mol. The number of nitrogens with one attached hydrogen (secondary N) is 1. The van der Waals surface area contributed by atoms with E-state index >= 15 is 0 Å². The molecule has 1 amide bonds. The summed E-state index contributed by atoms with van der Waals surface area (Å²) in [4.78, 5) is 12.4. The van der Waals surface area contributed by atoms with Crippen LogP contribution in [0.1, 0.15) is 36.2 Å². The van der Waals surface area contributed by atoms with Crippen molar-refractivity contribution < 1.29 is 9.53 Å². The van der Waals surface area contributed by atoms with Gasteiger partial charge < -0.3 is 10.1 Å². The summed E-state index contributed by atoms with van der Waals surface area (Å²) in [5.41, 5.74) is 0.319. The van der Waals surface area contributed by atoms with Crippen molar-refractivity contribution in [3.05, 3.63) is 34.7 Å². The highest BCUT2D eigenvalue weighted by atomic mass is 79.9. The molecule has 3 heterocycles. The molecule has 1 N–H and O–H groups in total. The van der Waals surface area contributed by atoms with E-state index in [1.165, 1.54) is 12.8 Å². The Hall–Kier alpha value is -1.80. The largest absolute Gasteiger partial charge is 0.378 e. The fourth-order valence-electron chi connectivity index (χ4n) is 3.01. The van der Waals surface area contributed by atoms with Gasteiger partial charge in [-0.2, -0.15) is 5.10 Å². The van der Waals surface area contributed by atoms with Gasteiger partial charge in [-0.1, -0.05) is 0 Å². The molecule has 2 unspecified atom stereocenters. The third kappa shape index (κ3) is 3.49. The number of halogens is 1. The Labute approximate surface area is 147 Å². The van der Waals surface area contributed by atoms with Crippen LogP contribution in [0.3, 0.4) is 0 Å². The van der Waals surface area contributed by atoms with Crippen LogP contribution < -0.4 is 5.32 Å². The number of ether oxygens (including phenoxy) is 1. The average Bonchev–Trinajstić information content (AvgIpc) is 3.37. The molecule has 8 heteroatoms. The van der Waals surface area contributed by atoms with E-state index in [9.17, 15) is 4.79 Å². The number of rotatable bonds is 4. The van der Waals surface area contributed by atoms with E-state index < -0.39 is 0 Å². The second kappa shape index (κ2) is 6.60. The molecule has 1 aliphatic carbocycles. The van der Waals surface area contributed by atoms with Crippen molar-refractivity contribution in [1.29, 1.82) is 0 Å². The molecule has 4 rings (SSSR count). The molecule has 7 nitrogen and oxygen atoms in total. The first-order chi connectivity index (χ1) is 11.7. The molecule has 0 radical (unpaired) electrons. The highest BCUT2D eigenvalue weighted by Gasteiger charge is 2.36. The molecule has 0 bridgehead atoms. The van der Waals surface area contributed by atoms with E-state index in [0.717, 1.165) is 17.3 Å². The van der Waals surface area contributed by atoms with Gasteiger partial charge in [0.2, 0.25) is 0 Å². The smallest absolute Gasteiger partial charge is 0.272 e. The lowest BCUT2D eigenvalue weighted by molar-refractivity contribution is -0.0102. The van der Waals surface area contributed by atoms with E-state index in [0.29, 0.717) is 30.1 Å². The quantitative estimate of drug-likeness (QED) is 0.862. The van der Waals surface area contributed by atoms with Gasteiger partial charge >= 0.3 is 0 Å². The molecule has 0 aromatic carbocycles. The Morgan fingerprint density at radius 3 is 2.83 bits per heavy atom. The van der Waals surface area contributed by atoms with Gasteiger partial charge in [0.05, 0.1) is 16.8 Å². The van der Waals surface area contributed by atoms with Crippen LogP contribution in [0.2, 0.25) is 0 Å². The highest BCUT2D eigenvalue weighted by Crippen LogP contribution is 2.38. The minimum Gasteiger partial charge on any atom is -0.378 e. The Bertz CT molecular complexity index is 728. The third-order valence-electron chi connectivity index (χ3n) is 4.47.